The fourth-order valence-corrected chi connectivity index (χ4v) is 2.19. The van der Waals surface area contributed by atoms with E-state index in [-0.39, 0.29) is 11.5 Å². The van der Waals surface area contributed by atoms with Crippen LogP contribution in [-0.4, -0.2) is 13.2 Å². The van der Waals surface area contributed by atoms with Crippen molar-refractivity contribution < 1.29 is 9.47 Å². The third-order valence-corrected chi connectivity index (χ3v) is 3.15. The van der Waals surface area contributed by atoms with Crippen molar-refractivity contribution >= 4 is 0 Å². The highest BCUT2D eigenvalue weighted by atomic mass is 16.5. The molecule has 1 aromatic carbocycles. The van der Waals surface area contributed by atoms with Gasteiger partial charge >= 0.3 is 0 Å². The molecule has 0 fully saturated rings. The van der Waals surface area contributed by atoms with Gasteiger partial charge in [0.1, 0.15) is 0 Å². The van der Waals surface area contributed by atoms with E-state index in [0.717, 1.165) is 36.3 Å². The first-order valence-corrected chi connectivity index (χ1v) is 8.02. The predicted octanol–water partition coefficient (Wildman–Crippen LogP) is 4.70. The van der Waals surface area contributed by atoms with Gasteiger partial charge < -0.3 is 15.2 Å². The van der Waals surface area contributed by atoms with E-state index in [1.165, 1.54) is 0 Å². The zero-order chi connectivity index (χ0) is 15.9. The van der Waals surface area contributed by atoms with E-state index in [0.29, 0.717) is 13.2 Å². The summed E-state index contributed by atoms with van der Waals surface area (Å²) in [6.07, 6.45) is 2.90. The molecule has 1 atom stereocenters. The smallest absolute Gasteiger partial charge is 0.161 e. The average Bonchev–Trinajstić information content (AvgIpc) is 2.41. The summed E-state index contributed by atoms with van der Waals surface area (Å²) in [4.78, 5) is 0. The molecule has 0 spiro atoms. The molecule has 2 N–H and O–H groups in total. The predicted molar refractivity (Wildman–Crippen MR) is 89.0 cm³/mol. The van der Waals surface area contributed by atoms with E-state index in [1.54, 1.807) is 0 Å². The molecule has 0 bridgehead atoms. The molecular weight excluding hydrogens is 262 g/mol. The van der Waals surface area contributed by atoms with Crippen LogP contribution in [0.5, 0.6) is 11.5 Å². The molecule has 0 aliphatic rings. The Labute approximate surface area is 129 Å². The molecule has 0 heterocycles. The van der Waals surface area contributed by atoms with E-state index in [9.17, 15) is 0 Å². The third-order valence-electron chi connectivity index (χ3n) is 3.15. The highest BCUT2D eigenvalue weighted by molar-refractivity contribution is 5.44. The Morgan fingerprint density at radius 1 is 1.00 bits per heavy atom. The molecule has 3 nitrogen and oxygen atoms in total. The Hall–Kier alpha value is -1.22. The minimum Gasteiger partial charge on any atom is -0.490 e. The summed E-state index contributed by atoms with van der Waals surface area (Å²) in [6, 6.07) is 6.10. The van der Waals surface area contributed by atoms with Crippen molar-refractivity contribution in [2.45, 2.75) is 59.9 Å². The van der Waals surface area contributed by atoms with Crippen molar-refractivity contribution in [3.05, 3.63) is 23.8 Å². The van der Waals surface area contributed by atoms with Gasteiger partial charge in [-0.1, -0.05) is 40.7 Å². The summed E-state index contributed by atoms with van der Waals surface area (Å²) in [6.45, 7) is 12.2. The molecular formula is C18H31NO2. The highest BCUT2D eigenvalue weighted by Crippen LogP contribution is 2.34. The summed E-state index contributed by atoms with van der Waals surface area (Å²) in [5.74, 6) is 1.63. The summed E-state index contributed by atoms with van der Waals surface area (Å²) in [5, 5.41) is 0. The molecule has 1 rings (SSSR count). The quantitative estimate of drug-likeness (QED) is 0.755. The number of rotatable bonds is 8. The molecule has 3 heteroatoms. The maximum Gasteiger partial charge on any atom is 0.161 e. The molecule has 0 amide bonds. The van der Waals surface area contributed by atoms with Gasteiger partial charge in [-0.3, -0.25) is 0 Å². The van der Waals surface area contributed by atoms with E-state index in [2.05, 4.69) is 40.7 Å². The summed E-state index contributed by atoms with van der Waals surface area (Å²) in [5.41, 5.74) is 7.65. The molecule has 0 radical (unpaired) electrons. The molecule has 0 aliphatic carbocycles. The van der Waals surface area contributed by atoms with Gasteiger partial charge in [-0.25, -0.2) is 0 Å². The van der Waals surface area contributed by atoms with Crippen LogP contribution in [0.3, 0.4) is 0 Å². The van der Waals surface area contributed by atoms with Crippen molar-refractivity contribution in [1.82, 2.24) is 0 Å². The third kappa shape index (κ3) is 6.38. The van der Waals surface area contributed by atoms with Crippen molar-refractivity contribution in [1.29, 1.82) is 0 Å². The lowest BCUT2D eigenvalue weighted by Crippen LogP contribution is -2.18. The van der Waals surface area contributed by atoms with Crippen molar-refractivity contribution in [2.75, 3.05) is 13.2 Å². The summed E-state index contributed by atoms with van der Waals surface area (Å²) in [7, 11) is 0. The van der Waals surface area contributed by atoms with Crippen molar-refractivity contribution in [3.63, 3.8) is 0 Å². The van der Waals surface area contributed by atoms with Crippen LogP contribution in [0.25, 0.3) is 0 Å². The van der Waals surface area contributed by atoms with Crippen molar-refractivity contribution in [3.8, 4) is 11.5 Å². The van der Waals surface area contributed by atoms with Gasteiger partial charge in [-0.05, 0) is 42.4 Å². The highest BCUT2D eigenvalue weighted by Gasteiger charge is 2.18. The second-order valence-electron chi connectivity index (χ2n) is 6.77. The van der Waals surface area contributed by atoms with Gasteiger partial charge in [0.2, 0.25) is 0 Å². The first-order chi connectivity index (χ1) is 9.87. The van der Waals surface area contributed by atoms with Crippen LogP contribution >= 0.6 is 0 Å². The fourth-order valence-electron chi connectivity index (χ4n) is 2.19. The molecule has 1 aromatic rings. The SMILES string of the molecule is CCCOc1ccc(C(N)CC(C)(C)C)cc1OCCC. The lowest BCUT2D eigenvalue weighted by molar-refractivity contribution is 0.267. The lowest BCUT2D eigenvalue weighted by Gasteiger charge is -2.24. The number of nitrogens with two attached hydrogens (primary N) is 1. The second kappa shape index (κ2) is 8.28. The average molecular weight is 293 g/mol. The van der Waals surface area contributed by atoms with Crippen LogP contribution in [0.15, 0.2) is 18.2 Å². The van der Waals surface area contributed by atoms with E-state index < -0.39 is 0 Å². The molecule has 0 saturated carbocycles. The number of ether oxygens (including phenoxy) is 2. The van der Waals surface area contributed by atoms with Gasteiger partial charge in [0.25, 0.3) is 0 Å². The molecule has 1 unspecified atom stereocenters. The number of hydrogen-bond acceptors (Lipinski definition) is 3. The molecule has 0 aliphatic heterocycles. The largest absolute Gasteiger partial charge is 0.490 e. The second-order valence-corrected chi connectivity index (χ2v) is 6.77. The number of benzene rings is 1. The standard InChI is InChI=1S/C18H31NO2/c1-6-10-20-16-9-8-14(12-17(16)21-11-7-2)15(19)13-18(3,4)5/h8-9,12,15H,6-7,10-11,13,19H2,1-5H3. The molecule has 21 heavy (non-hydrogen) atoms. The number of hydrogen-bond donors (Lipinski definition) is 1. The van der Waals surface area contributed by atoms with E-state index in [1.807, 2.05) is 12.1 Å². The van der Waals surface area contributed by atoms with Crippen LogP contribution < -0.4 is 15.2 Å². The van der Waals surface area contributed by atoms with E-state index >= 15 is 0 Å². The first kappa shape index (κ1) is 17.8. The maximum absolute atomic E-state index is 6.33. The molecule has 0 aromatic heterocycles. The van der Waals surface area contributed by atoms with Gasteiger partial charge in [-0.15, -0.1) is 0 Å². The van der Waals surface area contributed by atoms with Crippen LogP contribution in [0, 0.1) is 5.41 Å². The van der Waals surface area contributed by atoms with Crippen LogP contribution in [0.4, 0.5) is 0 Å². The molecule has 0 saturated heterocycles. The van der Waals surface area contributed by atoms with Gasteiger partial charge in [0, 0.05) is 6.04 Å². The first-order valence-electron chi connectivity index (χ1n) is 8.02. The Kier molecular flexibility index (Phi) is 7.03. The van der Waals surface area contributed by atoms with Gasteiger partial charge in [0.05, 0.1) is 13.2 Å². The minimum atomic E-state index is 0.0224. The Morgan fingerprint density at radius 2 is 1.57 bits per heavy atom. The topological polar surface area (TPSA) is 44.5 Å². The fraction of sp³-hybridized carbons (Fsp3) is 0.667. The zero-order valence-corrected chi connectivity index (χ0v) is 14.2. The Balaban J connectivity index is 2.91. The van der Waals surface area contributed by atoms with Crippen LogP contribution in [-0.2, 0) is 0 Å². The van der Waals surface area contributed by atoms with Crippen molar-refractivity contribution in [2.24, 2.45) is 11.1 Å². The summed E-state index contributed by atoms with van der Waals surface area (Å²) < 4.78 is 11.6. The van der Waals surface area contributed by atoms with Crippen LogP contribution in [0.1, 0.15) is 65.5 Å². The zero-order valence-electron chi connectivity index (χ0n) is 14.2. The lowest BCUT2D eigenvalue weighted by atomic mass is 9.86. The Morgan fingerprint density at radius 3 is 2.10 bits per heavy atom. The van der Waals surface area contributed by atoms with Gasteiger partial charge in [-0.2, -0.15) is 0 Å². The monoisotopic (exact) mass is 293 g/mol. The maximum atomic E-state index is 6.33. The summed E-state index contributed by atoms with van der Waals surface area (Å²) >= 11 is 0. The van der Waals surface area contributed by atoms with Gasteiger partial charge in [0.15, 0.2) is 11.5 Å². The molecule has 120 valence electrons. The normalized spacial score (nSPS) is 13.0. The Bertz CT molecular complexity index is 424. The minimum absolute atomic E-state index is 0.0224. The van der Waals surface area contributed by atoms with E-state index in [4.69, 9.17) is 15.2 Å². The van der Waals surface area contributed by atoms with Crippen LogP contribution in [0.2, 0.25) is 0 Å².